The van der Waals surface area contributed by atoms with Gasteiger partial charge in [0.25, 0.3) is 5.91 Å². The monoisotopic (exact) mass is 376 g/mol. The summed E-state index contributed by atoms with van der Waals surface area (Å²) >= 11 is 0. The Morgan fingerprint density at radius 2 is 1.86 bits per heavy atom. The van der Waals surface area contributed by atoms with E-state index in [1.165, 1.54) is 24.1 Å². The van der Waals surface area contributed by atoms with Gasteiger partial charge in [0, 0.05) is 0 Å². The second-order valence-corrected chi connectivity index (χ2v) is 5.59. The third kappa shape index (κ3) is 3.99. The maximum Gasteiger partial charge on any atom is 0.342 e. The molecule has 28 heavy (non-hydrogen) atoms. The standard InChI is InChI=1S/C20H16N4O4/c1-27-17-10-6-5-9-16(17)20(26)28-13-18(25)23-19-14(11-21)12-22-24(19)15-7-3-2-4-8-15/h2-10,12H,13H2,1H3,(H,23,25). The van der Waals surface area contributed by atoms with Crippen molar-refractivity contribution in [3.8, 4) is 17.5 Å². The van der Waals surface area contributed by atoms with E-state index in [4.69, 9.17) is 9.47 Å². The van der Waals surface area contributed by atoms with Gasteiger partial charge < -0.3 is 14.8 Å². The minimum absolute atomic E-state index is 0.188. The van der Waals surface area contributed by atoms with Crippen LogP contribution >= 0.6 is 0 Å². The van der Waals surface area contributed by atoms with Crippen molar-refractivity contribution in [1.29, 1.82) is 5.26 Å². The van der Waals surface area contributed by atoms with E-state index >= 15 is 0 Å². The molecule has 0 atom stereocenters. The number of para-hydroxylation sites is 2. The van der Waals surface area contributed by atoms with Crippen molar-refractivity contribution in [2.24, 2.45) is 0 Å². The predicted octanol–water partition coefficient (Wildman–Crippen LogP) is 2.55. The lowest BCUT2D eigenvalue weighted by molar-refractivity contribution is -0.119. The quantitative estimate of drug-likeness (QED) is 0.663. The molecule has 0 aliphatic carbocycles. The second-order valence-electron chi connectivity index (χ2n) is 5.59. The van der Waals surface area contributed by atoms with E-state index in [0.717, 1.165) is 0 Å². The number of hydrogen-bond acceptors (Lipinski definition) is 6. The molecule has 1 N–H and O–H groups in total. The molecule has 1 heterocycles. The number of hydrogen-bond donors (Lipinski definition) is 1. The van der Waals surface area contributed by atoms with Crippen LogP contribution in [0.4, 0.5) is 5.82 Å². The van der Waals surface area contributed by atoms with Gasteiger partial charge in [-0.1, -0.05) is 30.3 Å². The summed E-state index contributed by atoms with van der Waals surface area (Å²) in [6.07, 6.45) is 1.35. The van der Waals surface area contributed by atoms with Crippen LogP contribution in [0.3, 0.4) is 0 Å². The molecule has 0 unspecified atom stereocenters. The van der Waals surface area contributed by atoms with E-state index in [1.54, 1.807) is 30.3 Å². The fourth-order valence-electron chi connectivity index (χ4n) is 2.51. The Bertz CT molecular complexity index is 1040. The molecule has 3 rings (SSSR count). The molecular weight excluding hydrogens is 360 g/mol. The summed E-state index contributed by atoms with van der Waals surface area (Å²) < 4.78 is 11.6. The zero-order valence-electron chi connectivity index (χ0n) is 15.0. The highest BCUT2D eigenvalue weighted by Crippen LogP contribution is 2.20. The van der Waals surface area contributed by atoms with E-state index in [1.807, 2.05) is 24.3 Å². The summed E-state index contributed by atoms with van der Waals surface area (Å²) in [5.41, 5.74) is 1.07. The first-order valence-electron chi connectivity index (χ1n) is 8.27. The first-order valence-corrected chi connectivity index (χ1v) is 8.27. The van der Waals surface area contributed by atoms with Crippen LogP contribution in [0.2, 0.25) is 0 Å². The zero-order chi connectivity index (χ0) is 19.9. The number of rotatable bonds is 6. The number of nitrogens with zero attached hydrogens (tertiary/aromatic N) is 3. The van der Waals surface area contributed by atoms with E-state index < -0.39 is 18.5 Å². The number of nitriles is 1. The van der Waals surface area contributed by atoms with Crippen LogP contribution in [0.15, 0.2) is 60.8 Å². The average Bonchev–Trinajstić information content (AvgIpc) is 3.15. The number of benzene rings is 2. The third-order valence-corrected chi connectivity index (χ3v) is 3.81. The summed E-state index contributed by atoms with van der Waals surface area (Å²) in [6.45, 7) is -0.526. The van der Waals surface area contributed by atoms with E-state index in [0.29, 0.717) is 11.4 Å². The van der Waals surface area contributed by atoms with Gasteiger partial charge in [0.05, 0.1) is 19.0 Å². The molecule has 0 fully saturated rings. The number of anilines is 1. The fraction of sp³-hybridized carbons (Fsp3) is 0.100. The van der Waals surface area contributed by atoms with Gasteiger partial charge in [-0.15, -0.1) is 0 Å². The third-order valence-electron chi connectivity index (χ3n) is 3.81. The minimum atomic E-state index is -0.690. The lowest BCUT2D eigenvalue weighted by atomic mass is 10.2. The second kappa shape index (κ2) is 8.51. The summed E-state index contributed by atoms with van der Waals surface area (Å²) in [7, 11) is 1.44. The molecule has 0 aliphatic rings. The first kappa shape index (κ1) is 18.7. The van der Waals surface area contributed by atoms with Gasteiger partial charge in [0.15, 0.2) is 12.4 Å². The molecule has 8 heteroatoms. The van der Waals surface area contributed by atoms with E-state index in [9.17, 15) is 14.9 Å². The van der Waals surface area contributed by atoms with Crippen LogP contribution in [0, 0.1) is 11.3 Å². The van der Waals surface area contributed by atoms with Crippen LogP contribution in [0.25, 0.3) is 5.69 Å². The van der Waals surface area contributed by atoms with Gasteiger partial charge in [-0.3, -0.25) is 4.79 Å². The number of amides is 1. The molecule has 0 bridgehead atoms. The Kier molecular flexibility index (Phi) is 5.67. The fourth-order valence-corrected chi connectivity index (χ4v) is 2.51. The number of esters is 1. The number of methoxy groups -OCH3 is 1. The van der Waals surface area contributed by atoms with Crippen molar-refractivity contribution in [2.45, 2.75) is 0 Å². The van der Waals surface area contributed by atoms with Crippen LogP contribution in [0.5, 0.6) is 5.75 Å². The SMILES string of the molecule is COc1ccccc1C(=O)OCC(=O)Nc1c(C#N)cnn1-c1ccccc1. The highest BCUT2D eigenvalue weighted by Gasteiger charge is 2.18. The van der Waals surface area contributed by atoms with Crippen LogP contribution < -0.4 is 10.1 Å². The molecule has 0 spiro atoms. The molecule has 0 saturated heterocycles. The normalized spacial score (nSPS) is 10.0. The lowest BCUT2D eigenvalue weighted by Crippen LogP contribution is -2.23. The molecular formula is C20H16N4O4. The summed E-state index contributed by atoms with van der Waals surface area (Å²) in [4.78, 5) is 24.5. The smallest absolute Gasteiger partial charge is 0.342 e. The topological polar surface area (TPSA) is 106 Å². The maximum absolute atomic E-state index is 12.3. The van der Waals surface area contributed by atoms with E-state index in [-0.39, 0.29) is 16.9 Å². The van der Waals surface area contributed by atoms with Crippen LogP contribution in [0.1, 0.15) is 15.9 Å². The van der Waals surface area contributed by atoms with Crippen molar-refractivity contribution in [3.05, 3.63) is 71.9 Å². The first-order chi connectivity index (χ1) is 13.6. The van der Waals surface area contributed by atoms with Gasteiger partial charge in [0.1, 0.15) is 22.9 Å². The molecule has 0 aliphatic heterocycles. The van der Waals surface area contributed by atoms with Crippen molar-refractivity contribution < 1.29 is 19.1 Å². The van der Waals surface area contributed by atoms with Gasteiger partial charge in [0.2, 0.25) is 0 Å². The maximum atomic E-state index is 12.3. The average molecular weight is 376 g/mol. The molecule has 0 radical (unpaired) electrons. The Morgan fingerprint density at radius 3 is 2.57 bits per heavy atom. The Hall–Kier alpha value is -4.12. The highest BCUT2D eigenvalue weighted by molar-refractivity contribution is 5.97. The van der Waals surface area contributed by atoms with Crippen molar-refractivity contribution in [2.75, 3.05) is 19.0 Å². The minimum Gasteiger partial charge on any atom is -0.496 e. The number of aromatic nitrogens is 2. The Balaban J connectivity index is 1.71. The zero-order valence-corrected chi connectivity index (χ0v) is 15.0. The van der Waals surface area contributed by atoms with Gasteiger partial charge in [-0.25, -0.2) is 9.48 Å². The Morgan fingerprint density at radius 1 is 1.14 bits per heavy atom. The number of nitrogens with one attached hydrogen (secondary N) is 1. The van der Waals surface area contributed by atoms with Gasteiger partial charge in [-0.05, 0) is 24.3 Å². The molecule has 140 valence electrons. The number of ether oxygens (including phenoxy) is 2. The molecule has 3 aromatic rings. The summed E-state index contributed by atoms with van der Waals surface area (Å²) in [5, 5.41) is 16.0. The Labute approximate surface area is 160 Å². The molecule has 1 amide bonds. The molecule has 2 aromatic carbocycles. The van der Waals surface area contributed by atoms with E-state index in [2.05, 4.69) is 10.4 Å². The highest BCUT2D eigenvalue weighted by atomic mass is 16.5. The lowest BCUT2D eigenvalue weighted by Gasteiger charge is -2.11. The largest absolute Gasteiger partial charge is 0.496 e. The predicted molar refractivity (Wildman–Crippen MR) is 100 cm³/mol. The van der Waals surface area contributed by atoms with Crippen LogP contribution in [-0.2, 0) is 9.53 Å². The molecule has 1 aromatic heterocycles. The van der Waals surface area contributed by atoms with Gasteiger partial charge in [-0.2, -0.15) is 10.4 Å². The van der Waals surface area contributed by atoms with Gasteiger partial charge >= 0.3 is 5.97 Å². The molecule has 8 nitrogen and oxygen atoms in total. The summed E-state index contributed by atoms with van der Waals surface area (Å²) in [5.74, 6) is -0.740. The summed E-state index contributed by atoms with van der Waals surface area (Å²) in [6, 6.07) is 17.5. The number of carbonyl (C=O) groups excluding carboxylic acids is 2. The number of carbonyl (C=O) groups is 2. The van der Waals surface area contributed by atoms with Crippen molar-refractivity contribution in [3.63, 3.8) is 0 Å². The van der Waals surface area contributed by atoms with Crippen molar-refractivity contribution in [1.82, 2.24) is 9.78 Å². The molecule has 0 saturated carbocycles. The van der Waals surface area contributed by atoms with Crippen molar-refractivity contribution >= 4 is 17.7 Å². The van der Waals surface area contributed by atoms with Crippen LogP contribution in [-0.4, -0.2) is 35.4 Å².